The predicted molar refractivity (Wildman–Crippen MR) is 129 cm³/mol. The number of ether oxygens (including phenoxy) is 1. The Kier molecular flexibility index (Phi) is 6.18. The first kappa shape index (κ1) is 22.7. The molecule has 0 radical (unpaired) electrons. The smallest absolute Gasteiger partial charge is 0.407 e. The van der Waals surface area contributed by atoms with E-state index in [1.807, 2.05) is 17.0 Å². The van der Waals surface area contributed by atoms with E-state index in [1.165, 1.54) is 4.90 Å². The predicted octanol–water partition coefficient (Wildman–Crippen LogP) is 3.69. The Morgan fingerprint density at radius 2 is 2.21 bits per heavy atom. The number of carbonyl (C=O) groups is 1. The van der Waals surface area contributed by atoms with Crippen LogP contribution in [0.2, 0.25) is 0 Å². The van der Waals surface area contributed by atoms with E-state index >= 15 is 0 Å². The van der Waals surface area contributed by atoms with Gasteiger partial charge in [-0.25, -0.2) is 4.79 Å². The minimum Gasteiger partial charge on any atom is -0.465 e. The van der Waals surface area contributed by atoms with Gasteiger partial charge in [0.25, 0.3) is 0 Å². The molecule has 2 fully saturated rings. The number of carboxylic acid groups (broad SMARTS) is 1. The van der Waals surface area contributed by atoms with Crippen molar-refractivity contribution in [3.05, 3.63) is 22.9 Å². The van der Waals surface area contributed by atoms with E-state index in [4.69, 9.17) is 14.1 Å². The first-order chi connectivity index (χ1) is 16.5. The quantitative estimate of drug-likeness (QED) is 0.528. The third-order valence-corrected chi connectivity index (χ3v) is 7.40. The number of likely N-dealkylation sites (N-methyl/N-ethyl adjacent to an activating group) is 1. The van der Waals surface area contributed by atoms with Gasteiger partial charge in [-0.3, -0.25) is 0 Å². The average molecular weight is 529 g/mol. The molecule has 2 aromatic heterocycles. The lowest BCUT2D eigenvalue weighted by atomic mass is 10.1. The largest absolute Gasteiger partial charge is 0.465 e. The Balaban J connectivity index is 1.56. The number of fused-ring (bicyclic) bond motifs is 3. The van der Waals surface area contributed by atoms with Crippen molar-refractivity contribution >= 4 is 49.7 Å². The van der Waals surface area contributed by atoms with Gasteiger partial charge in [0.15, 0.2) is 0 Å². The van der Waals surface area contributed by atoms with Gasteiger partial charge >= 0.3 is 12.1 Å². The van der Waals surface area contributed by atoms with E-state index in [1.54, 1.807) is 6.26 Å². The van der Waals surface area contributed by atoms with E-state index in [9.17, 15) is 15.2 Å². The number of piperazine rings is 1. The number of halogens is 1. The van der Waals surface area contributed by atoms with Crippen LogP contribution < -0.4 is 9.64 Å². The zero-order chi connectivity index (χ0) is 23.8. The van der Waals surface area contributed by atoms with Crippen molar-refractivity contribution in [3.63, 3.8) is 0 Å². The Bertz CT molecular complexity index is 1270. The fourth-order valence-electron chi connectivity index (χ4n) is 4.89. The number of hydrogen-bond donors (Lipinski definition) is 1. The van der Waals surface area contributed by atoms with Crippen LogP contribution in [0.5, 0.6) is 6.01 Å². The maximum atomic E-state index is 11.7. The molecule has 1 amide bonds. The summed E-state index contributed by atoms with van der Waals surface area (Å²) < 4.78 is 12.8. The van der Waals surface area contributed by atoms with Gasteiger partial charge in [-0.1, -0.05) is 0 Å². The maximum absolute atomic E-state index is 11.7. The van der Waals surface area contributed by atoms with Gasteiger partial charge in [-0.05, 0) is 54.5 Å². The fraction of sp³-hybridized carbons (Fsp3) is 0.478. The zero-order valence-electron chi connectivity index (χ0n) is 18.8. The van der Waals surface area contributed by atoms with Crippen LogP contribution in [0.3, 0.4) is 0 Å². The molecule has 1 aromatic carbocycles. The number of likely N-dealkylation sites (tertiary alicyclic amines) is 1. The number of benzene rings is 1. The topological polar surface area (TPSA) is 119 Å². The van der Waals surface area contributed by atoms with Crippen LogP contribution in [0, 0.1) is 11.3 Å². The second kappa shape index (κ2) is 9.27. The summed E-state index contributed by atoms with van der Waals surface area (Å²) in [6.45, 7) is 2.59. The highest BCUT2D eigenvalue weighted by Gasteiger charge is 2.33. The van der Waals surface area contributed by atoms with Crippen molar-refractivity contribution in [2.45, 2.75) is 31.3 Å². The molecule has 3 aromatic rings. The first-order valence-electron chi connectivity index (χ1n) is 11.3. The summed E-state index contributed by atoms with van der Waals surface area (Å²) in [6, 6.07) is 6.05. The number of aromatic nitrogens is 2. The lowest BCUT2D eigenvalue weighted by Crippen LogP contribution is -2.55. The van der Waals surface area contributed by atoms with E-state index in [0.717, 1.165) is 34.6 Å². The Hall–Kier alpha value is -3.10. The summed E-state index contributed by atoms with van der Waals surface area (Å²) in [4.78, 5) is 26.8. The molecule has 0 spiro atoms. The normalized spacial score (nSPS) is 21.3. The second-order valence-corrected chi connectivity index (χ2v) is 9.63. The number of nitrogens with zero attached hydrogens (tertiary/aromatic N) is 6. The molecule has 10 nitrogen and oxygen atoms in total. The minimum absolute atomic E-state index is 0.102. The van der Waals surface area contributed by atoms with Crippen LogP contribution in [-0.2, 0) is 0 Å². The van der Waals surface area contributed by atoms with Crippen LogP contribution in [0.15, 0.2) is 27.3 Å². The molecule has 11 heteroatoms. The summed E-state index contributed by atoms with van der Waals surface area (Å²) in [5, 5.41) is 20.5. The first-order valence-corrected chi connectivity index (χ1v) is 12.1. The van der Waals surface area contributed by atoms with Crippen LogP contribution in [-0.4, -0.2) is 82.9 Å². The van der Waals surface area contributed by atoms with Gasteiger partial charge in [0.05, 0.1) is 35.7 Å². The molecule has 2 saturated heterocycles. The number of rotatable bonds is 5. The SMILES string of the molecule is CN1CCC[C@H]1COc1nc(N2CCN(C(=O)O)[C@@H](CC#N)C2)c2c(cc(Br)c3ccoc32)n1. The number of hydrogen-bond acceptors (Lipinski definition) is 8. The van der Waals surface area contributed by atoms with Gasteiger partial charge in [0.2, 0.25) is 0 Å². The van der Waals surface area contributed by atoms with Gasteiger partial charge < -0.3 is 29.0 Å². The molecule has 1 N–H and O–H groups in total. The molecule has 34 heavy (non-hydrogen) atoms. The fourth-order valence-corrected chi connectivity index (χ4v) is 5.42. The number of furan rings is 1. The Morgan fingerprint density at radius 3 is 2.94 bits per heavy atom. The van der Waals surface area contributed by atoms with E-state index < -0.39 is 12.1 Å². The molecule has 0 saturated carbocycles. The second-order valence-electron chi connectivity index (χ2n) is 8.77. The van der Waals surface area contributed by atoms with E-state index in [-0.39, 0.29) is 19.0 Å². The molecule has 2 aliphatic heterocycles. The maximum Gasteiger partial charge on any atom is 0.407 e. The number of anilines is 1. The lowest BCUT2D eigenvalue weighted by molar-refractivity contribution is 0.119. The van der Waals surface area contributed by atoms with E-state index in [0.29, 0.717) is 42.7 Å². The van der Waals surface area contributed by atoms with Gasteiger partial charge in [-0.15, -0.1) is 0 Å². The molecule has 0 unspecified atom stereocenters. The molecule has 4 heterocycles. The Labute approximate surface area is 204 Å². The van der Waals surface area contributed by atoms with Gasteiger partial charge in [0.1, 0.15) is 18.0 Å². The molecule has 0 aliphatic carbocycles. The Morgan fingerprint density at radius 1 is 1.35 bits per heavy atom. The van der Waals surface area contributed by atoms with Crippen molar-refractivity contribution in [3.8, 4) is 12.1 Å². The number of nitriles is 1. The molecule has 178 valence electrons. The monoisotopic (exact) mass is 528 g/mol. The molecular weight excluding hydrogens is 504 g/mol. The van der Waals surface area contributed by atoms with Crippen molar-refractivity contribution in [1.82, 2.24) is 19.8 Å². The van der Waals surface area contributed by atoms with Crippen LogP contribution in [0.1, 0.15) is 19.3 Å². The lowest BCUT2D eigenvalue weighted by Gasteiger charge is -2.39. The minimum atomic E-state index is -1.02. The molecule has 2 atom stereocenters. The summed E-state index contributed by atoms with van der Waals surface area (Å²) >= 11 is 3.61. The summed E-state index contributed by atoms with van der Waals surface area (Å²) in [5.74, 6) is 0.625. The average Bonchev–Trinajstić information content (AvgIpc) is 3.46. The molecule has 5 rings (SSSR count). The zero-order valence-corrected chi connectivity index (χ0v) is 20.4. The van der Waals surface area contributed by atoms with Crippen molar-refractivity contribution < 1.29 is 19.1 Å². The van der Waals surface area contributed by atoms with Crippen LogP contribution in [0.4, 0.5) is 10.6 Å². The highest BCUT2D eigenvalue weighted by Crippen LogP contribution is 2.38. The third-order valence-electron chi connectivity index (χ3n) is 6.74. The number of amides is 1. The molecular formula is C23H25BrN6O4. The van der Waals surface area contributed by atoms with Crippen LogP contribution >= 0.6 is 15.9 Å². The van der Waals surface area contributed by atoms with Crippen molar-refractivity contribution in [2.24, 2.45) is 0 Å². The van der Waals surface area contributed by atoms with Crippen molar-refractivity contribution in [2.75, 3.05) is 44.7 Å². The highest BCUT2D eigenvalue weighted by molar-refractivity contribution is 9.10. The van der Waals surface area contributed by atoms with Crippen LogP contribution in [0.25, 0.3) is 21.9 Å². The standard InChI is InChI=1S/C23H25BrN6O4/c1-28-7-2-3-15(28)13-34-22-26-18-11-17(24)16-5-10-33-20(16)19(18)21(27-22)29-8-9-30(23(31)32)14(12-29)4-6-25/h5,10-11,14-15H,2-4,7-9,12-13H2,1H3,(H,31,32)/t14-,15-/m0/s1. The summed E-state index contributed by atoms with van der Waals surface area (Å²) in [7, 11) is 2.09. The summed E-state index contributed by atoms with van der Waals surface area (Å²) in [6.07, 6.45) is 2.92. The molecule has 0 bridgehead atoms. The third kappa shape index (κ3) is 4.12. The van der Waals surface area contributed by atoms with E-state index in [2.05, 4.69) is 38.9 Å². The molecule has 2 aliphatic rings. The summed E-state index contributed by atoms with van der Waals surface area (Å²) in [5.41, 5.74) is 1.32. The highest BCUT2D eigenvalue weighted by atomic mass is 79.9. The van der Waals surface area contributed by atoms with Crippen molar-refractivity contribution in [1.29, 1.82) is 5.26 Å². The van der Waals surface area contributed by atoms with Gasteiger partial charge in [0, 0.05) is 35.5 Å². The van der Waals surface area contributed by atoms with Gasteiger partial charge in [-0.2, -0.15) is 15.2 Å².